The SMILES string of the molecule is CCOc1ccc(NC(=O)C(C#N)=Cc2ccc(-c3ccc(Cl)cc3)o2)cc1. The van der Waals surface area contributed by atoms with E-state index in [-0.39, 0.29) is 5.57 Å². The number of nitrogens with zero attached hydrogens (tertiary/aromatic N) is 1. The Morgan fingerprint density at radius 3 is 2.50 bits per heavy atom. The van der Waals surface area contributed by atoms with Crippen molar-refractivity contribution in [3.05, 3.63) is 77.0 Å². The van der Waals surface area contributed by atoms with Gasteiger partial charge in [0.2, 0.25) is 0 Å². The van der Waals surface area contributed by atoms with E-state index >= 15 is 0 Å². The molecule has 0 saturated heterocycles. The largest absolute Gasteiger partial charge is 0.494 e. The van der Waals surface area contributed by atoms with Crippen molar-refractivity contribution in [2.75, 3.05) is 11.9 Å². The Labute approximate surface area is 167 Å². The third-order valence-electron chi connectivity index (χ3n) is 3.83. The van der Waals surface area contributed by atoms with Crippen LogP contribution >= 0.6 is 11.6 Å². The van der Waals surface area contributed by atoms with Gasteiger partial charge in [-0.3, -0.25) is 4.79 Å². The highest BCUT2D eigenvalue weighted by Crippen LogP contribution is 2.25. The van der Waals surface area contributed by atoms with E-state index in [1.54, 1.807) is 48.5 Å². The maximum atomic E-state index is 12.4. The minimum absolute atomic E-state index is 0.0640. The summed E-state index contributed by atoms with van der Waals surface area (Å²) < 4.78 is 11.1. The summed E-state index contributed by atoms with van der Waals surface area (Å²) in [5.41, 5.74) is 1.35. The molecule has 0 atom stereocenters. The van der Waals surface area contributed by atoms with Crippen LogP contribution in [0.25, 0.3) is 17.4 Å². The summed E-state index contributed by atoms with van der Waals surface area (Å²) in [6, 6.07) is 19.5. The number of nitriles is 1. The fourth-order valence-electron chi connectivity index (χ4n) is 2.49. The lowest BCUT2D eigenvalue weighted by Crippen LogP contribution is -2.13. The Kier molecular flexibility index (Phi) is 6.15. The average molecular weight is 393 g/mol. The first-order valence-electron chi connectivity index (χ1n) is 8.61. The highest BCUT2D eigenvalue weighted by Gasteiger charge is 2.12. The van der Waals surface area contributed by atoms with Crippen molar-refractivity contribution in [1.29, 1.82) is 5.26 Å². The lowest BCUT2D eigenvalue weighted by Gasteiger charge is -2.06. The van der Waals surface area contributed by atoms with Crippen molar-refractivity contribution < 1.29 is 13.9 Å². The molecule has 0 aliphatic rings. The fourth-order valence-corrected chi connectivity index (χ4v) is 2.62. The normalized spacial score (nSPS) is 11.0. The number of rotatable bonds is 6. The minimum atomic E-state index is -0.517. The maximum Gasteiger partial charge on any atom is 0.266 e. The van der Waals surface area contributed by atoms with E-state index < -0.39 is 5.91 Å². The van der Waals surface area contributed by atoms with Gasteiger partial charge in [0.1, 0.15) is 28.9 Å². The van der Waals surface area contributed by atoms with Crippen LogP contribution in [0.2, 0.25) is 5.02 Å². The summed E-state index contributed by atoms with van der Waals surface area (Å²) in [5, 5.41) is 12.7. The Morgan fingerprint density at radius 2 is 1.86 bits per heavy atom. The van der Waals surface area contributed by atoms with Gasteiger partial charge in [-0.2, -0.15) is 5.26 Å². The van der Waals surface area contributed by atoms with E-state index in [0.29, 0.717) is 34.6 Å². The molecule has 140 valence electrons. The second-order valence-electron chi connectivity index (χ2n) is 5.79. The predicted molar refractivity (Wildman–Crippen MR) is 109 cm³/mol. The minimum Gasteiger partial charge on any atom is -0.494 e. The molecule has 0 aliphatic heterocycles. The smallest absolute Gasteiger partial charge is 0.266 e. The number of halogens is 1. The summed E-state index contributed by atoms with van der Waals surface area (Å²) in [7, 11) is 0. The molecular formula is C22H17ClN2O3. The molecule has 0 fully saturated rings. The number of benzene rings is 2. The zero-order chi connectivity index (χ0) is 19.9. The quantitative estimate of drug-likeness (QED) is 0.441. The van der Waals surface area contributed by atoms with Crippen LogP contribution < -0.4 is 10.1 Å². The molecule has 28 heavy (non-hydrogen) atoms. The standard InChI is InChI=1S/C22H17ClN2O3/c1-2-27-19-9-7-18(8-10-19)25-22(26)16(14-24)13-20-11-12-21(28-20)15-3-5-17(23)6-4-15/h3-13H,2H2,1H3,(H,25,26). The number of hydrogen-bond acceptors (Lipinski definition) is 4. The monoisotopic (exact) mass is 392 g/mol. The number of furan rings is 1. The molecule has 0 aliphatic carbocycles. The Bertz CT molecular complexity index is 1030. The Balaban J connectivity index is 1.73. The van der Waals surface area contributed by atoms with Crippen molar-refractivity contribution in [2.45, 2.75) is 6.92 Å². The molecule has 1 N–H and O–H groups in total. The lowest BCUT2D eigenvalue weighted by molar-refractivity contribution is -0.112. The van der Waals surface area contributed by atoms with Gasteiger partial charge in [0.15, 0.2) is 0 Å². The van der Waals surface area contributed by atoms with Crippen LogP contribution in [-0.2, 0) is 4.79 Å². The molecule has 3 rings (SSSR count). The second kappa shape index (κ2) is 8.94. The van der Waals surface area contributed by atoms with Crippen molar-refractivity contribution >= 4 is 29.3 Å². The van der Waals surface area contributed by atoms with Gasteiger partial charge in [0.05, 0.1) is 6.61 Å². The molecule has 0 bridgehead atoms. The number of carbonyl (C=O) groups excluding carboxylic acids is 1. The lowest BCUT2D eigenvalue weighted by atomic mass is 10.2. The van der Waals surface area contributed by atoms with Gasteiger partial charge in [-0.25, -0.2) is 0 Å². The summed E-state index contributed by atoms with van der Waals surface area (Å²) in [6.45, 7) is 2.46. The molecule has 1 heterocycles. The number of anilines is 1. The summed E-state index contributed by atoms with van der Waals surface area (Å²) in [6.07, 6.45) is 1.41. The number of carbonyl (C=O) groups is 1. The van der Waals surface area contributed by atoms with Crippen LogP contribution in [0, 0.1) is 11.3 Å². The van der Waals surface area contributed by atoms with Crippen molar-refractivity contribution in [2.24, 2.45) is 0 Å². The van der Waals surface area contributed by atoms with E-state index in [9.17, 15) is 10.1 Å². The van der Waals surface area contributed by atoms with Crippen molar-refractivity contribution in [3.63, 3.8) is 0 Å². The Morgan fingerprint density at radius 1 is 1.14 bits per heavy atom. The zero-order valence-corrected chi connectivity index (χ0v) is 15.9. The molecule has 1 aromatic heterocycles. The number of hydrogen-bond donors (Lipinski definition) is 1. The summed E-state index contributed by atoms with van der Waals surface area (Å²) in [5.74, 6) is 1.22. The zero-order valence-electron chi connectivity index (χ0n) is 15.1. The van der Waals surface area contributed by atoms with Gasteiger partial charge >= 0.3 is 0 Å². The average Bonchev–Trinajstić information content (AvgIpc) is 3.17. The van der Waals surface area contributed by atoms with Crippen molar-refractivity contribution in [1.82, 2.24) is 0 Å². The first-order valence-corrected chi connectivity index (χ1v) is 8.98. The third-order valence-corrected chi connectivity index (χ3v) is 4.08. The molecule has 3 aromatic rings. The summed E-state index contributed by atoms with van der Waals surface area (Å²) >= 11 is 5.89. The highest BCUT2D eigenvalue weighted by atomic mass is 35.5. The summed E-state index contributed by atoms with van der Waals surface area (Å²) in [4.78, 5) is 12.4. The molecule has 1 amide bonds. The van der Waals surface area contributed by atoms with E-state index in [1.807, 2.05) is 25.1 Å². The number of amides is 1. The van der Waals surface area contributed by atoms with Crippen LogP contribution in [0.1, 0.15) is 12.7 Å². The maximum absolute atomic E-state index is 12.4. The van der Waals surface area contributed by atoms with E-state index in [2.05, 4.69) is 5.32 Å². The van der Waals surface area contributed by atoms with Gasteiger partial charge < -0.3 is 14.5 Å². The van der Waals surface area contributed by atoms with E-state index in [1.165, 1.54) is 6.08 Å². The van der Waals surface area contributed by atoms with E-state index in [4.69, 9.17) is 20.8 Å². The van der Waals surface area contributed by atoms with Gasteiger partial charge in [-0.05, 0) is 67.6 Å². The molecular weight excluding hydrogens is 376 g/mol. The second-order valence-corrected chi connectivity index (χ2v) is 6.23. The molecule has 0 saturated carbocycles. The molecule has 2 aromatic carbocycles. The van der Waals surface area contributed by atoms with Crippen LogP contribution in [0.5, 0.6) is 5.75 Å². The topological polar surface area (TPSA) is 75.3 Å². The molecule has 0 radical (unpaired) electrons. The van der Waals surface area contributed by atoms with Crippen LogP contribution in [0.3, 0.4) is 0 Å². The van der Waals surface area contributed by atoms with Crippen molar-refractivity contribution in [3.8, 4) is 23.1 Å². The first kappa shape index (κ1) is 19.3. The Hall–Kier alpha value is -3.49. The van der Waals surface area contributed by atoms with Gasteiger partial charge in [0, 0.05) is 22.3 Å². The predicted octanol–water partition coefficient (Wildman–Crippen LogP) is 5.54. The number of ether oxygens (including phenoxy) is 1. The molecule has 6 heteroatoms. The van der Waals surface area contributed by atoms with Crippen LogP contribution in [0.4, 0.5) is 5.69 Å². The fraction of sp³-hybridized carbons (Fsp3) is 0.0909. The van der Waals surface area contributed by atoms with E-state index in [0.717, 1.165) is 5.56 Å². The molecule has 5 nitrogen and oxygen atoms in total. The van der Waals surface area contributed by atoms with Gasteiger partial charge in [0.25, 0.3) is 5.91 Å². The van der Waals surface area contributed by atoms with Crippen LogP contribution in [0.15, 0.2) is 70.7 Å². The first-order chi connectivity index (χ1) is 13.6. The van der Waals surface area contributed by atoms with Crippen LogP contribution in [-0.4, -0.2) is 12.5 Å². The van der Waals surface area contributed by atoms with Gasteiger partial charge in [-0.1, -0.05) is 11.6 Å². The molecule has 0 unspecified atom stereocenters. The molecule has 0 spiro atoms. The number of nitrogens with one attached hydrogen (secondary N) is 1. The third kappa shape index (κ3) is 4.81. The highest BCUT2D eigenvalue weighted by molar-refractivity contribution is 6.30. The van der Waals surface area contributed by atoms with Gasteiger partial charge in [-0.15, -0.1) is 0 Å².